The highest BCUT2D eigenvalue weighted by molar-refractivity contribution is 7.66. The molecule has 3 aliphatic heterocycles. The molecule has 0 aromatic carbocycles. The van der Waals surface area contributed by atoms with Crippen LogP contribution in [0.15, 0.2) is 0 Å². The average Bonchev–Trinajstić information content (AvgIpc) is 2.74. The molecule has 26 heteroatoms. The van der Waals surface area contributed by atoms with Gasteiger partial charge in [0.15, 0.2) is 0 Å². The van der Waals surface area contributed by atoms with Gasteiger partial charge in [0.2, 0.25) is 0 Å². The van der Waals surface area contributed by atoms with Crippen molar-refractivity contribution in [2.24, 2.45) is 0 Å². The summed E-state index contributed by atoms with van der Waals surface area (Å²) < 4.78 is 98.6. The van der Waals surface area contributed by atoms with Crippen molar-refractivity contribution < 1.29 is 92.3 Å². The Bertz CT molecular complexity index is 896. The Morgan fingerprint density at radius 1 is 0.424 bits per heavy atom. The molecule has 3 heterocycles. The van der Waals surface area contributed by atoms with E-state index in [0.717, 1.165) is 0 Å². The van der Waals surface area contributed by atoms with Crippen LogP contribution in [0.4, 0.5) is 0 Å². The molecule has 20 nitrogen and oxygen atoms in total. The highest BCUT2D eigenvalue weighted by Crippen LogP contribution is 2.69. The molecule has 0 bridgehead atoms. The van der Waals surface area contributed by atoms with Gasteiger partial charge in [0.1, 0.15) is 36.6 Å². The molecule has 1 saturated carbocycles. The smallest absolute Gasteiger partial charge is 0.274 e. The number of rotatable bonds is 0. The van der Waals surface area contributed by atoms with Gasteiger partial charge in [-0.25, -0.2) is 8.62 Å². The Morgan fingerprint density at radius 3 is 0.909 bits per heavy atom. The summed E-state index contributed by atoms with van der Waals surface area (Å²) in [5, 5.41) is 0. The van der Waals surface area contributed by atoms with E-state index in [1.807, 2.05) is 0 Å². The zero-order valence-corrected chi connectivity index (χ0v) is 20.4. The van der Waals surface area contributed by atoms with Crippen molar-refractivity contribution in [3.63, 3.8) is 0 Å². The van der Waals surface area contributed by atoms with Gasteiger partial charge in [-0.3, -0.25) is 27.1 Å². The van der Waals surface area contributed by atoms with Crippen LogP contribution >= 0.6 is 46.7 Å². The first-order chi connectivity index (χ1) is 14.7. The number of phosphoric acid groups is 5. The second-order valence-corrected chi connectivity index (χ2v) is 15.4. The maximum absolute atomic E-state index is 12.3. The fourth-order valence-corrected chi connectivity index (χ4v) is 10.7. The number of fused-ring (bicyclic) bond motifs is 6. The van der Waals surface area contributed by atoms with E-state index in [9.17, 15) is 52.2 Å². The van der Waals surface area contributed by atoms with Crippen molar-refractivity contribution in [3.05, 3.63) is 0 Å². The molecule has 4 aliphatic rings. The molecule has 0 aromatic heterocycles. The lowest BCUT2D eigenvalue weighted by Gasteiger charge is -2.48. The molecule has 192 valence electrons. The third-order valence-corrected chi connectivity index (χ3v) is 12.2. The summed E-state index contributed by atoms with van der Waals surface area (Å²) >= 11 is 0. The summed E-state index contributed by atoms with van der Waals surface area (Å²) in [5.74, 6) is 0. The molecule has 0 aromatic rings. The molecule has 3 saturated heterocycles. The van der Waals surface area contributed by atoms with Crippen molar-refractivity contribution in [2.45, 2.75) is 36.6 Å². The standard InChI is InChI=1S/C7H13O20P6/c1-28(8)19-2-3(20-29(9,10)25-28)5-7(24-33(17,18)27-31(13,14)22-5)6-4(2)21-30(11,12)26-32(15,16)23-6/h2-7H,1H2,(H5-,8,9,10,11,12,13,14,15,16,17,18)/q-1/p-5. The maximum atomic E-state index is 12.3. The minimum atomic E-state index is -5.92. The van der Waals surface area contributed by atoms with Crippen LogP contribution in [0.2, 0.25) is 0 Å². The second-order valence-electron chi connectivity index (χ2n) is 6.51. The highest BCUT2D eigenvalue weighted by atomic mass is 31.3. The summed E-state index contributed by atoms with van der Waals surface area (Å²) in [4.78, 5) is 72.1. The molecule has 4 rings (SSSR count). The van der Waals surface area contributed by atoms with Gasteiger partial charge < -0.3 is 56.5 Å². The van der Waals surface area contributed by atoms with Gasteiger partial charge >= 0.3 is 0 Å². The topological polar surface area (TPSA) is 307 Å². The van der Waals surface area contributed by atoms with Gasteiger partial charge in [0, 0.05) is 0 Å². The predicted octanol–water partition coefficient (Wildman–Crippen LogP) is -3.70. The van der Waals surface area contributed by atoms with Crippen LogP contribution in [-0.2, 0) is 62.9 Å². The maximum Gasteiger partial charge on any atom is 0.274 e. The summed E-state index contributed by atoms with van der Waals surface area (Å²) in [6.45, 7) is 0. The predicted molar refractivity (Wildman–Crippen MR) is 84.6 cm³/mol. The molecule has 12 unspecified atom stereocenters. The second kappa shape index (κ2) is 8.17. The van der Waals surface area contributed by atoms with E-state index in [2.05, 4.69) is 41.9 Å². The van der Waals surface area contributed by atoms with Crippen molar-refractivity contribution in [2.75, 3.05) is 0 Å². The van der Waals surface area contributed by atoms with Crippen LogP contribution in [0.3, 0.4) is 0 Å². The summed E-state index contributed by atoms with van der Waals surface area (Å²) in [6, 6.07) is 0. The van der Waals surface area contributed by atoms with Crippen LogP contribution in [0.1, 0.15) is 0 Å². The van der Waals surface area contributed by atoms with Gasteiger partial charge in [-0.15, -0.1) is 0 Å². The van der Waals surface area contributed by atoms with Gasteiger partial charge in [0.05, 0.1) is 7.57 Å². The minimum absolute atomic E-state index is 2.37. The Hall–Kier alpha value is 0.850. The Kier molecular flexibility index (Phi) is 6.66. The average molecular weight is 598 g/mol. The molecule has 1 aliphatic carbocycles. The quantitative estimate of drug-likeness (QED) is 0.242. The Morgan fingerprint density at radius 2 is 0.636 bits per heavy atom. The molecule has 0 spiro atoms. The lowest BCUT2D eigenvalue weighted by Crippen LogP contribution is -2.66. The zero-order valence-electron chi connectivity index (χ0n) is 15.0. The van der Waals surface area contributed by atoms with E-state index in [1.54, 1.807) is 0 Å². The summed E-state index contributed by atoms with van der Waals surface area (Å²) in [7, 11) is -34.3. The molecule has 12 atom stereocenters. The Balaban J connectivity index is 1.92. The monoisotopic (exact) mass is 598 g/mol. The van der Waals surface area contributed by atoms with Crippen LogP contribution in [0.5, 0.6) is 0 Å². The van der Waals surface area contributed by atoms with Crippen LogP contribution in [-0.4, -0.2) is 42.9 Å². The van der Waals surface area contributed by atoms with Gasteiger partial charge in [-0.05, 0) is 0 Å². The molecular weight excluding hydrogens is 590 g/mol. The lowest BCUT2D eigenvalue weighted by molar-refractivity contribution is -0.263. The summed E-state index contributed by atoms with van der Waals surface area (Å²) in [5.41, 5.74) is 0. The van der Waals surface area contributed by atoms with Crippen molar-refractivity contribution >= 4 is 53.0 Å². The minimum Gasteiger partial charge on any atom is -0.788 e. The van der Waals surface area contributed by atoms with Gasteiger partial charge in [0.25, 0.3) is 39.1 Å². The first-order valence-corrected chi connectivity index (χ1v) is 17.0. The summed E-state index contributed by atoms with van der Waals surface area (Å²) in [6.07, 6.45) is -12.0. The van der Waals surface area contributed by atoms with E-state index < -0.39 is 83.3 Å². The zero-order chi connectivity index (χ0) is 24.8. The normalized spacial score (nSPS) is 62.0. The molecule has 0 amide bonds. The molecule has 4 fully saturated rings. The Labute approximate surface area is 182 Å². The van der Waals surface area contributed by atoms with Crippen LogP contribution in [0, 0.1) is 0 Å². The van der Waals surface area contributed by atoms with Gasteiger partial charge in [-0.1, -0.05) is 6.30 Å². The molecular formula is C7H8O20P6-6. The third-order valence-electron chi connectivity index (χ3n) is 4.10. The van der Waals surface area contributed by atoms with Crippen molar-refractivity contribution in [1.82, 2.24) is 0 Å². The fourth-order valence-electron chi connectivity index (χ4n) is 3.29. The van der Waals surface area contributed by atoms with Crippen molar-refractivity contribution in [1.29, 1.82) is 0 Å². The van der Waals surface area contributed by atoms with E-state index in [-0.39, 0.29) is 0 Å². The number of phosphoric ester groups is 5. The third kappa shape index (κ3) is 5.89. The number of hydrogen-bond acceptors (Lipinski definition) is 20. The fraction of sp³-hybridized carbons (Fsp3) is 0.857. The molecule has 0 N–H and O–H groups in total. The SMILES string of the molecule is C=P1([O-])OC2C(OP(=O)([O-])O1)C1OP(=O)([O-])OP(=O)([O-])OC1C1OP(=O)([O-])OP(=O)([O-])OC21. The van der Waals surface area contributed by atoms with E-state index >= 15 is 0 Å². The van der Waals surface area contributed by atoms with Crippen LogP contribution < -0.4 is 29.4 Å². The van der Waals surface area contributed by atoms with Crippen LogP contribution in [0.25, 0.3) is 0 Å². The highest BCUT2D eigenvalue weighted by Gasteiger charge is 2.62. The van der Waals surface area contributed by atoms with E-state index in [1.165, 1.54) is 0 Å². The first kappa shape index (κ1) is 26.9. The van der Waals surface area contributed by atoms with E-state index in [0.29, 0.717) is 0 Å². The first-order valence-electron chi connectivity index (χ1n) is 7.93. The number of hydrogen-bond donors (Lipinski definition) is 0. The largest absolute Gasteiger partial charge is 0.788 e. The van der Waals surface area contributed by atoms with E-state index in [4.69, 9.17) is 4.52 Å². The molecule has 33 heavy (non-hydrogen) atoms. The molecule has 0 radical (unpaired) electrons. The van der Waals surface area contributed by atoms with Crippen molar-refractivity contribution in [3.8, 4) is 0 Å². The van der Waals surface area contributed by atoms with Gasteiger partial charge in [-0.2, -0.15) is 0 Å². The lowest BCUT2D eigenvalue weighted by atomic mass is 9.85.